The first-order valence-corrected chi connectivity index (χ1v) is 16.5. The molecule has 3 aromatic heterocycles. The van der Waals surface area contributed by atoms with Crippen molar-refractivity contribution in [3.63, 3.8) is 0 Å². The second-order valence-electron chi connectivity index (χ2n) is 9.93. The maximum absolute atomic E-state index is 5.85. The fourth-order valence-corrected chi connectivity index (χ4v) is 6.58. The Morgan fingerprint density at radius 1 is 0.976 bits per heavy atom. The Balaban J connectivity index is 1.37. The van der Waals surface area contributed by atoms with Gasteiger partial charge in [0.05, 0.1) is 52.9 Å². The van der Waals surface area contributed by atoms with Gasteiger partial charge in [0.1, 0.15) is 11.6 Å². The lowest BCUT2D eigenvalue weighted by Gasteiger charge is -2.31. The molecule has 11 nitrogen and oxygen atoms in total. The van der Waals surface area contributed by atoms with Gasteiger partial charge in [0.2, 0.25) is 5.95 Å². The van der Waals surface area contributed by atoms with Gasteiger partial charge in [-0.2, -0.15) is 10.1 Å². The van der Waals surface area contributed by atoms with E-state index in [0.717, 1.165) is 62.2 Å². The largest absolute Gasteiger partial charge is 0.494 e. The molecule has 1 aliphatic heterocycles. The molecule has 5 aromatic rings. The van der Waals surface area contributed by atoms with E-state index in [-0.39, 0.29) is 0 Å². The highest BCUT2D eigenvalue weighted by Gasteiger charge is 2.22. The standard InChI is InChI=1S/C29H31BrN9O2P/c1-38-23(7-8-34-38)18-15-22(25(40-2)16-24(18)39-11-13-41-14-12-39)36-29-33-17-19(30)28(37-29)35-21-6-5-20-26(27(21)42(3)4)32-10-9-31-20/h5-10,15-17H,11-14H2,1-4H3,(H2,33,35,36,37). The first-order valence-electron chi connectivity index (χ1n) is 13.4. The minimum atomic E-state index is -0.484. The zero-order valence-electron chi connectivity index (χ0n) is 23.8. The SMILES string of the molecule is COc1cc(N2CCOCC2)c(-c2ccnn2C)cc1Nc1ncc(Br)c(Nc2ccc3nccnc3c2P(C)C)n1. The van der Waals surface area contributed by atoms with Crippen LogP contribution in [0, 0.1) is 0 Å². The van der Waals surface area contributed by atoms with Gasteiger partial charge >= 0.3 is 0 Å². The number of fused-ring (bicyclic) bond motifs is 1. The first kappa shape index (κ1) is 28.3. The molecule has 0 aliphatic carbocycles. The van der Waals surface area contributed by atoms with Crippen LogP contribution in [0.2, 0.25) is 0 Å². The molecule has 1 aliphatic rings. The van der Waals surface area contributed by atoms with Crippen LogP contribution in [0.4, 0.5) is 28.8 Å². The van der Waals surface area contributed by atoms with Gasteiger partial charge in [0.25, 0.3) is 0 Å². The number of aromatic nitrogens is 6. The highest BCUT2D eigenvalue weighted by atomic mass is 79.9. The molecule has 1 fully saturated rings. The van der Waals surface area contributed by atoms with Gasteiger partial charge in [0, 0.05) is 67.5 Å². The van der Waals surface area contributed by atoms with Crippen LogP contribution < -0.4 is 25.6 Å². The van der Waals surface area contributed by atoms with Crippen molar-refractivity contribution < 1.29 is 9.47 Å². The lowest BCUT2D eigenvalue weighted by atomic mass is 10.1. The Morgan fingerprint density at radius 2 is 1.79 bits per heavy atom. The molecule has 0 atom stereocenters. The molecular weight excluding hydrogens is 617 g/mol. The van der Waals surface area contributed by atoms with Crippen molar-refractivity contribution in [1.82, 2.24) is 29.7 Å². The number of anilines is 5. The number of methoxy groups -OCH3 is 1. The normalized spacial score (nSPS) is 13.5. The molecule has 2 aromatic carbocycles. The van der Waals surface area contributed by atoms with Gasteiger partial charge in [-0.15, -0.1) is 0 Å². The van der Waals surface area contributed by atoms with Gasteiger partial charge < -0.3 is 25.0 Å². The van der Waals surface area contributed by atoms with Crippen LogP contribution in [0.1, 0.15) is 0 Å². The summed E-state index contributed by atoms with van der Waals surface area (Å²) >= 11 is 3.62. The van der Waals surface area contributed by atoms with Crippen LogP contribution in [0.25, 0.3) is 22.3 Å². The van der Waals surface area contributed by atoms with E-state index in [9.17, 15) is 0 Å². The molecule has 6 rings (SSSR count). The van der Waals surface area contributed by atoms with Crippen LogP contribution in [0.5, 0.6) is 5.75 Å². The van der Waals surface area contributed by atoms with Gasteiger partial charge in [-0.25, -0.2) is 4.98 Å². The molecule has 0 saturated carbocycles. The van der Waals surface area contributed by atoms with Crippen molar-refractivity contribution in [3.8, 4) is 17.0 Å². The molecule has 13 heteroatoms. The van der Waals surface area contributed by atoms with Crippen LogP contribution in [0.15, 0.2) is 59.6 Å². The van der Waals surface area contributed by atoms with Crippen LogP contribution in [0.3, 0.4) is 0 Å². The summed E-state index contributed by atoms with van der Waals surface area (Å²) < 4.78 is 14.1. The minimum Gasteiger partial charge on any atom is -0.494 e. The molecule has 2 N–H and O–H groups in total. The Hall–Kier alpha value is -3.86. The maximum Gasteiger partial charge on any atom is 0.229 e. The van der Waals surface area contributed by atoms with Gasteiger partial charge in [-0.1, -0.05) is 7.92 Å². The van der Waals surface area contributed by atoms with E-state index >= 15 is 0 Å². The summed E-state index contributed by atoms with van der Waals surface area (Å²) in [4.78, 5) is 20.8. The van der Waals surface area contributed by atoms with Crippen LogP contribution in [-0.2, 0) is 11.8 Å². The predicted molar refractivity (Wildman–Crippen MR) is 172 cm³/mol. The lowest BCUT2D eigenvalue weighted by Crippen LogP contribution is -2.36. The van der Waals surface area contributed by atoms with E-state index in [1.807, 2.05) is 29.9 Å². The number of aryl methyl sites for hydroxylation is 1. The Labute approximate surface area is 253 Å². The second kappa shape index (κ2) is 12.2. The summed E-state index contributed by atoms with van der Waals surface area (Å²) in [6.07, 6.45) is 6.98. The summed E-state index contributed by atoms with van der Waals surface area (Å²) in [5, 5.41) is 12.5. The zero-order chi connectivity index (χ0) is 29.2. The molecular formula is C29H31BrN9O2P. The zero-order valence-corrected chi connectivity index (χ0v) is 26.3. The minimum absolute atomic E-state index is 0.423. The summed E-state index contributed by atoms with van der Waals surface area (Å²) in [7, 11) is 3.12. The van der Waals surface area contributed by atoms with Crippen molar-refractivity contribution in [3.05, 3.63) is 59.6 Å². The lowest BCUT2D eigenvalue weighted by molar-refractivity contribution is 0.122. The molecule has 42 heavy (non-hydrogen) atoms. The van der Waals surface area contributed by atoms with E-state index in [1.54, 1.807) is 31.9 Å². The van der Waals surface area contributed by atoms with Gasteiger partial charge in [-0.3, -0.25) is 14.6 Å². The summed E-state index contributed by atoms with van der Waals surface area (Å²) in [6.45, 7) is 7.37. The van der Waals surface area contributed by atoms with Crippen molar-refractivity contribution >= 4 is 69.0 Å². The maximum atomic E-state index is 5.85. The quantitative estimate of drug-likeness (QED) is 0.216. The molecule has 216 valence electrons. The fourth-order valence-electron chi connectivity index (χ4n) is 5.08. The van der Waals surface area contributed by atoms with E-state index in [1.165, 1.54) is 0 Å². The van der Waals surface area contributed by atoms with Crippen molar-refractivity contribution in [2.45, 2.75) is 0 Å². The van der Waals surface area contributed by atoms with E-state index in [4.69, 9.17) is 14.5 Å². The number of hydrogen-bond acceptors (Lipinski definition) is 10. The highest BCUT2D eigenvalue weighted by Crippen LogP contribution is 2.41. The first-order chi connectivity index (χ1) is 20.4. The summed E-state index contributed by atoms with van der Waals surface area (Å²) in [5.74, 6) is 1.73. The van der Waals surface area contributed by atoms with Crippen molar-refractivity contribution in [2.75, 3.05) is 62.3 Å². The summed E-state index contributed by atoms with van der Waals surface area (Å²) in [5.41, 5.74) is 6.53. The van der Waals surface area contributed by atoms with Gasteiger partial charge in [-0.05, 0) is 53.5 Å². The average Bonchev–Trinajstić information content (AvgIpc) is 3.44. The third-order valence-corrected chi connectivity index (χ3v) is 9.00. The number of halogens is 1. The molecule has 0 bridgehead atoms. The number of benzene rings is 2. The third-order valence-electron chi connectivity index (χ3n) is 7.07. The number of ether oxygens (including phenoxy) is 2. The predicted octanol–water partition coefficient (Wildman–Crippen LogP) is 5.28. The third kappa shape index (κ3) is 5.62. The Bertz CT molecular complexity index is 1740. The van der Waals surface area contributed by atoms with Crippen LogP contribution in [-0.4, -0.2) is 76.5 Å². The number of hydrogen-bond donors (Lipinski definition) is 2. The summed E-state index contributed by atoms with van der Waals surface area (Å²) in [6, 6.07) is 10.1. The number of morpholine rings is 1. The Morgan fingerprint density at radius 3 is 2.52 bits per heavy atom. The number of rotatable bonds is 8. The fraction of sp³-hybridized carbons (Fsp3) is 0.276. The topological polar surface area (TPSA) is 115 Å². The van der Waals surface area contributed by atoms with Crippen LogP contribution >= 0.6 is 23.9 Å². The number of nitrogens with zero attached hydrogens (tertiary/aromatic N) is 7. The highest BCUT2D eigenvalue weighted by molar-refractivity contribution is 9.10. The number of nitrogens with one attached hydrogen (secondary N) is 2. The van der Waals surface area contributed by atoms with E-state index < -0.39 is 7.92 Å². The van der Waals surface area contributed by atoms with E-state index in [2.05, 4.69) is 77.0 Å². The van der Waals surface area contributed by atoms with Gasteiger partial charge in [0.15, 0.2) is 0 Å². The van der Waals surface area contributed by atoms with Crippen molar-refractivity contribution in [1.29, 1.82) is 0 Å². The van der Waals surface area contributed by atoms with E-state index in [0.29, 0.717) is 30.7 Å². The molecule has 4 heterocycles. The second-order valence-corrected chi connectivity index (χ2v) is 13.0. The molecule has 1 saturated heterocycles. The monoisotopic (exact) mass is 647 g/mol. The molecule has 0 unspecified atom stereocenters. The molecule has 0 spiro atoms. The molecule has 0 amide bonds. The average molecular weight is 649 g/mol. The molecule has 0 radical (unpaired) electrons. The Kier molecular flexibility index (Phi) is 8.19. The smallest absolute Gasteiger partial charge is 0.229 e. The van der Waals surface area contributed by atoms with Crippen molar-refractivity contribution in [2.24, 2.45) is 7.05 Å².